The van der Waals surface area contributed by atoms with Crippen molar-refractivity contribution in [2.45, 2.75) is 25.2 Å². The van der Waals surface area contributed by atoms with Gasteiger partial charge in [0.05, 0.1) is 12.5 Å². The standard InChI is InChI=1S/C18H21NO4/c1-11-9-19(10-12(11)17(21)22)16(20)14-8-18(14)6-7-23-15-5-3-2-4-13(15)18/h2-5,11-12,14H,6-10H2,1H3,(H,21,22)/t11-,12-,14?,18?/m1/s1. The van der Waals surface area contributed by atoms with Crippen LogP contribution in [0.5, 0.6) is 5.75 Å². The fraction of sp³-hybridized carbons (Fsp3) is 0.556. The van der Waals surface area contributed by atoms with Crippen LogP contribution in [0.25, 0.3) is 0 Å². The molecule has 2 aliphatic heterocycles. The predicted molar refractivity (Wildman–Crippen MR) is 83.2 cm³/mol. The van der Waals surface area contributed by atoms with Gasteiger partial charge in [-0.1, -0.05) is 25.1 Å². The SMILES string of the molecule is C[C@@H]1CN(C(=O)C2CC23CCOc2ccccc23)C[C@H]1C(=O)O. The number of benzene rings is 1. The van der Waals surface area contributed by atoms with Gasteiger partial charge in [-0.25, -0.2) is 0 Å². The van der Waals surface area contributed by atoms with Crippen molar-refractivity contribution in [3.8, 4) is 5.75 Å². The molecule has 1 saturated carbocycles. The first kappa shape index (κ1) is 14.5. The van der Waals surface area contributed by atoms with Crippen LogP contribution in [0.4, 0.5) is 0 Å². The molecular weight excluding hydrogens is 294 g/mol. The van der Waals surface area contributed by atoms with E-state index < -0.39 is 11.9 Å². The summed E-state index contributed by atoms with van der Waals surface area (Å²) in [7, 11) is 0. The summed E-state index contributed by atoms with van der Waals surface area (Å²) in [4.78, 5) is 25.9. The molecule has 1 spiro atoms. The van der Waals surface area contributed by atoms with E-state index in [2.05, 4.69) is 6.07 Å². The van der Waals surface area contributed by atoms with Gasteiger partial charge < -0.3 is 14.7 Å². The second kappa shape index (κ2) is 4.98. The average molecular weight is 315 g/mol. The van der Waals surface area contributed by atoms with E-state index in [1.807, 2.05) is 25.1 Å². The number of carbonyl (C=O) groups excluding carboxylic acids is 1. The van der Waals surface area contributed by atoms with E-state index in [-0.39, 0.29) is 23.2 Å². The molecule has 2 unspecified atom stereocenters. The Bertz CT molecular complexity index is 673. The van der Waals surface area contributed by atoms with Gasteiger partial charge in [0, 0.05) is 30.0 Å². The maximum absolute atomic E-state index is 12.9. The molecule has 1 aliphatic carbocycles. The fourth-order valence-corrected chi connectivity index (χ4v) is 4.37. The minimum absolute atomic E-state index is 0.0210. The number of amides is 1. The maximum Gasteiger partial charge on any atom is 0.308 e. The molecule has 1 N–H and O–H groups in total. The number of nitrogens with zero attached hydrogens (tertiary/aromatic N) is 1. The zero-order valence-electron chi connectivity index (χ0n) is 13.2. The van der Waals surface area contributed by atoms with Crippen molar-refractivity contribution >= 4 is 11.9 Å². The number of likely N-dealkylation sites (tertiary alicyclic amines) is 1. The Morgan fingerprint density at radius 3 is 2.83 bits per heavy atom. The van der Waals surface area contributed by atoms with E-state index in [0.29, 0.717) is 19.7 Å². The van der Waals surface area contributed by atoms with Crippen molar-refractivity contribution in [1.82, 2.24) is 4.90 Å². The van der Waals surface area contributed by atoms with Crippen molar-refractivity contribution in [3.05, 3.63) is 29.8 Å². The lowest BCUT2D eigenvalue weighted by molar-refractivity contribution is -0.142. The first-order chi connectivity index (χ1) is 11.0. The van der Waals surface area contributed by atoms with E-state index in [1.54, 1.807) is 4.90 Å². The van der Waals surface area contributed by atoms with E-state index in [9.17, 15) is 14.7 Å². The molecule has 4 atom stereocenters. The molecule has 0 radical (unpaired) electrons. The summed E-state index contributed by atoms with van der Waals surface area (Å²) in [5, 5.41) is 9.26. The molecule has 122 valence electrons. The van der Waals surface area contributed by atoms with E-state index in [0.717, 1.165) is 24.2 Å². The van der Waals surface area contributed by atoms with Gasteiger partial charge >= 0.3 is 5.97 Å². The molecule has 2 fully saturated rings. The van der Waals surface area contributed by atoms with Gasteiger partial charge in [0.25, 0.3) is 0 Å². The topological polar surface area (TPSA) is 66.8 Å². The smallest absolute Gasteiger partial charge is 0.308 e. The van der Waals surface area contributed by atoms with E-state index >= 15 is 0 Å². The molecule has 5 nitrogen and oxygen atoms in total. The van der Waals surface area contributed by atoms with Crippen LogP contribution in [-0.4, -0.2) is 41.6 Å². The Kier molecular flexibility index (Phi) is 3.15. The number of carboxylic acids is 1. The van der Waals surface area contributed by atoms with Crippen LogP contribution in [-0.2, 0) is 15.0 Å². The molecule has 0 aromatic heterocycles. The minimum Gasteiger partial charge on any atom is -0.493 e. The quantitative estimate of drug-likeness (QED) is 0.905. The van der Waals surface area contributed by atoms with Crippen molar-refractivity contribution in [2.75, 3.05) is 19.7 Å². The molecule has 1 saturated heterocycles. The third-order valence-corrected chi connectivity index (χ3v) is 5.84. The summed E-state index contributed by atoms with van der Waals surface area (Å²) in [6.45, 7) is 3.47. The number of carboxylic acid groups (broad SMARTS) is 1. The lowest BCUT2D eigenvalue weighted by Crippen LogP contribution is -2.34. The van der Waals surface area contributed by atoms with Crippen LogP contribution in [0.2, 0.25) is 0 Å². The summed E-state index contributed by atoms with van der Waals surface area (Å²) >= 11 is 0. The van der Waals surface area contributed by atoms with Crippen LogP contribution < -0.4 is 4.74 Å². The third-order valence-electron chi connectivity index (χ3n) is 5.84. The number of para-hydroxylation sites is 1. The van der Waals surface area contributed by atoms with Gasteiger partial charge in [0.1, 0.15) is 5.75 Å². The average Bonchev–Trinajstić information content (AvgIpc) is 3.10. The lowest BCUT2D eigenvalue weighted by Gasteiger charge is -2.27. The van der Waals surface area contributed by atoms with Crippen molar-refractivity contribution in [2.24, 2.45) is 17.8 Å². The summed E-state index contributed by atoms with van der Waals surface area (Å²) in [6.07, 6.45) is 1.72. The highest BCUT2D eigenvalue weighted by atomic mass is 16.5. The Labute approximate surface area is 135 Å². The van der Waals surface area contributed by atoms with Gasteiger partial charge in [0.15, 0.2) is 0 Å². The Hall–Kier alpha value is -2.04. The van der Waals surface area contributed by atoms with Crippen molar-refractivity contribution in [3.63, 3.8) is 0 Å². The van der Waals surface area contributed by atoms with Crippen LogP contribution in [0, 0.1) is 17.8 Å². The van der Waals surface area contributed by atoms with Gasteiger partial charge in [0.2, 0.25) is 5.91 Å². The second-order valence-corrected chi connectivity index (χ2v) is 7.17. The summed E-state index contributed by atoms with van der Waals surface area (Å²) in [5.74, 6) is -0.213. The monoisotopic (exact) mass is 315 g/mol. The lowest BCUT2D eigenvalue weighted by atomic mass is 9.87. The van der Waals surface area contributed by atoms with Gasteiger partial charge in [-0.15, -0.1) is 0 Å². The molecule has 3 aliphatic rings. The van der Waals surface area contributed by atoms with Crippen molar-refractivity contribution < 1.29 is 19.4 Å². The van der Waals surface area contributed by atoms with Gasteiger partial charge in [-0.2, -0.15) is 0 Å². The maximum atomic E-state index is 12.9. The third kappa shape index (κ3) is 2.13. The van der Waals surface area contributed by atoms with Crippen LogP contribution in [0.1, 0.15) is 25.3 Å². The first-order valence-corrected chi connectivity index (χ1v) is 8.27. The second-order valence-electron chi connectivity index (χ2n) is 7.17. The van der Waals surface area contributed by atoms with E-state index in [4.69, 9.17) is 4.74 Å². The van der Waals surface area contributed by atoms with Crippen molar-refractivity contribution in [1.29, 1.82) is 0 Å². The highest BCUT2D eigenvalue weighted by Gasteiger charge is 2.62. The number of aliphatic carboxylic acids is 1. The number of carbonyl (C=O) groups is 2. The number of hydrogen-bond donors (Lipinski definition) is 1. The molecule has 1 aromatic rings. The van der Waals surface area contributed by atoms with Crippen LogP contribution in [0.15, 0.2) is 24.3 Å². The summed E-state index contributed by atoms with van der Waals surface area (Å²) in [5.41, 5.74) is 1.06. The van der Waals surface area contributed by atoms with Crippen LogP contribution >= 0.6 is 0 Å². The molecular formula is C18H21NO4. The fourth-order valence-electron chi connectivity index (χ4n) is 4.37. The number of ether oxygens (including phenoxy) is 1. The van der Waals surface area contributed by atoms with Gasteiger partial charge in [-0.3, -0.25) is 9.59 Å². The highest BCUT2D eigenvalue weighted by Crippen LogP contribution is 2.61. The normalized spacial score (nSPS) is 34.8. The number of fused-ring (bicyclic) bond motifs is 2. The summed E-state index contributed by atoms with van der Waals surface area (Å²) in [6, 6.07) is 7.98. The van der Waals surface area contributed by atoms with Gasteiger partial charge in [-0.05, 0) is 24.8 Å². The molecule has 4 rings (SSSR count). The molecule has 2 heterocycles. The minimum atomic E-state index is -0.797. The predicted octanol–water partition coefficient (Wildman–Crippen LogP) is 1.91. The zero-order chi connectivity index (χ0) is 16.2. The molecule has 23 heavy (non-hydrogen) atoms. The Morgan fingerprint density at radius 1 is 1.30 bits per heavy atom. The number of hydrogen-bond acceptors (Lipinski definition) is 3. The zero-order valence-corrected chi connectivity index (χ0v) is 13.2. The molecule has 1 aromatic carbocycles. The Balaban J connectivity index is 1.54. The molecule has 1 amide bonds. The highest BCUT2D eigenvalue weighted by molar-refractivity contribution is 5.86. The van der Waals surface area contributed by atoms with E-state index in [1.165, 1.54) is 0 Å². The first-order valence-electron chi connectivity index (χ1n) is 8.27. The Morgan fingerprint density at radius 2 is 2.09 bits per heavy atom. The van der Waals surface area contributed by atoms with Crippen LogP contribution in [0.3, 0.4) is 0 Å². The largest absolute Gasteiger partial charge is 0.493 e. The molecule has 5 heteroatoms. The molecule has 0 bridgehead atoms. The number of rotatable bonds is 2. The summed E-state index contributed by atoms with van der Waals surface area (Å²) < 4.78 is 5.72.